The van der Waals surface area contributed by atoms with Crippen molar-refractivity contribution in [2.24, 2.45) is 0 Å². The van der Waals surface area contributed by atoms with Gasteiger partial charge in [-0.1, -0.05) is 18.2 Å². The fourth-order valence-electron chi connectivity index (χ4n) is 4.20. The molecule has 1 amide bonds. The lowest BCUT2D eigenvalue weighted by atomic mass is 9.94. The molecule has 4 aromatic rings. The van der Waals surface area contributed by atoms with Crippen molar-refractivity contribution in [3.63, 3.8) is 0 Å². The van der Waals surface area contributed by atoms with Gasteiger partial charge in [0.15, 0.2) is 11.5 Å². The highest BCUT2D eigenvalue weighted by Crippen LogP contribution is 2.36. The van der Waals surface area contributed by atoms with Gasteiger partial charge in [-0.2, -0.15) is 0 Å². The van der Waals surface area contributed by atoms with Crippen LogP contribution in [0.25, 0.3) is 5.69 Å². The van der Waals surface area contributed by atoms with Crippen LogP contribution in [0.4, 0.5) is 0 Å². The van der Waals surface area contributed by atoms with Gasteiger partial charge < -0.3 is 14.4 Å². The Morgan fingerprint density at radius 2 is 1.79 bits per heavy atom. The summed E-state index contributed by atoms with van der Waals surface area (Å²) in [4.78, 5) is 24.3. The van der Waals surface area contributed by atoms with Crippen LogP contribution in [-0.4, -0.2) is 55.7 Å². The van der Waals surface area contributed by atoms with Crippen LogP contribution in [-0.2, 0) is 0 Å². The fourth-order valence-corrected chi connectivity index (χ4v) is 4.20. The molecule has 0 unspecified atom stereocenters. The molecule has 5 rings (SSSR count). The maximum atomic E-state index is 13.4. The molecular formula is C25H24N6O3. The number of para-hydroxylation sites is 2. The third-order valence-corrected chi connectivity index (χ3v) is 5.87. The van der Waals surface area contributed by atoms with E-state index < -0.39 is 0 Å². The number of piperidine rings is 1. The Morgan fingerprint density at radius 3 is 2.62 bits per heavy atom. The van der Waals surface area contributed by atoms with Crippen molar-refractivity contribution in [2.75, 3.05) is 20.2 Å². The summed E-state index contributed by atoms with van der Waals surface area (Å²) in [5.41, 5.74) is 2.20. The molecule has 0 spiro atoms. The van der Waals surface area contributed by atoms with Crippen LogP contribution in [0.1, 0.15) is 34.8 Å². The number of aromatic nitrogens is 5. The first-order chi connectivity index (χ1) is 16.7. The van der Waals surface area contributed by atoms with E-state index in [2.05, 4.69) is 20.2 Å². The van der Waals surface area contributed by atoms with Crippen LogP contribution >= 0.6 is 0 Å². The smallest absolute Gasteiger partial charge is 0.253 e. The molecule has 0 N–H and O–H groups in total. The van der Waals surface area contributed by atoms with Crippen molar-refractivity contribution in [2.45, 2.75) is 18.8 Å². The van der Waals surface area contributed by atoms with Crippen molar-refractivity contribution in [3.8, 4) is 23.1 Å². The standard InChI is InChI=1S/C25H24N6O3/c1-33-21-9-2-3-10-22(21)34-24-23(26-11-12-27-24)19-7-5-13-30(15-19)25(32)18-6-4-8-20(14-18)31-16-28-29-17-31/h2-4,6,8-12,14,16-17,19H,5,7,13,15H2,1H3/t19-/m0/s1. The number of methoxy groups -OCH3 is 1. The molecule has 172 valence electrons. The summed E-state index contributed by atoms with van der Waals surface area (Å²) >= 11 is 0. The quantitative estimate of drug-likeness (QED) is 0.434. The monoisotopic (exact) mass is 456 g/mol. The number of nitrogens with zero attached hydrogens (tertiary/aromatic N) is 6. The number of hydrogen-bond donors (Lipinski definition) is 0. The molecule has 1 atom stereocenters. The van der Waals surface area contributed by atoms with Crippen molar-refractivity contribution in [3.05, 3.63) is 84.8 Å². The second-order valence-electron chi connectivity index (χ2n) is 8.01. The van der Waals surface area contributed by atoms with Crippen LogP contribution < -0.4 is 9.47 Å². The number of carbonyl (C=O) groups excluding carboxylic acids is 1. The average Bonchev–Trinajstić information content (AvgIpc) is 3.44. The Balaban J connectivity index is 1.36. The Bertz CT molecular complexity index is 1280. The number of benzene rings is 2. The van der Waals surface area contributed by atoms with Crippen molar-refractivity contribution < 1.29 is 14.3 Å². The maximum absolute atomic E-state index is 13.4. The van der Waals surface area contributed by atoms with Crippen molar-refractivity contribution in [1.29, 1.82) is 0 Å². The molecular weight excluding hydrogens is 432 g/mol. The lowest BCUT2D eigenvalue weighted by Gasteiger charge is -2.33. The Hall–Kier alpha value is -4.27. The zero-order valence-corrected chi connectivity index (χ0v) is 18.7. The summed E-state index contributed by atoms with van der Waals surface area (Å²) in [7, 11) is 1.60. The molecule has 0 saturated carbocycles. The molecule has 2 aromatic carbocycles. The molecule has 1 fully saturated rings. The molecule has 0 aliphatic carbocycles. The number of ether oxygens (including phenoxy) is 2. The summed E-state index contributed by atoms with van der Waals surface area (Å²) in [5, 5.41) is 7.68. The van der Waals surface area contributed by atoms with E-state index in [4.69, 9.17) is 9.47 Å². The molecule has 9 nitrogen and oxygen atoms in total. The average molecular weight is 457 g/mol. The van der Waals surface area contributed by atoms with E-state index in [1.807, 2.05) is 53.4 Å². The summed E-state index contributed by atoms with van der Waals surface area (Å²) in [6.07, 6.45) is 8.25. The highest BCUT2D eigenvalue weighted by Gasteiger charge is 2.29. The van der Waals surface area contributed by atoms with E-state index in [-0.39, 0.29) is 11.8 Å². The van der Waals surface area contributed by atoms with Gasteiger partial charge in [-0.3, -0.25) is 14.3 Å². The predicted octanol–water partition coefficient (Wildman–Crippen LogP) is 3.88. The van der Waals surface area contributed by atoms with Crippen LogP contribution in [0, 0.1) is 0 Å². The minimum Gasteiger partial charge on any atom is -0.493 e. The number of hydrogen-bond acceptors (Lipinski definition) is 7. The first-order valence-corrected chi connectivity index (χ1v) is 11.1. The van der Waals surface area contributed by atoms with Gasteiger partial charge >= 0.3 is 0 Å². The molecule has 34 heavy (non-hydrogen) atoms. The molecule has 9 heteroatoms. The van der Waals surface area contributed by atoms with E-state index in [0.29, 0.717) is 36.0 Å². The van der Waals surface area contributed by atoms with Gasteiger partial charge in [0.2, 0.25) is 5.88 Å². The van der Waals surface area contributed by atoms with Crippen LogP contribution in [0.5, 0.6) is 17.4 Å². The summed E-state index contributed by atoms with van der Waals surface area (Å²) < 4.78 is 13.3. The topological polar surface area (TPSA) is 95.3 Å². The Kier molecular flexibility index (Phi) is 6.15. The second kappa shape index (κ2) is 9.70. The lowest BCUT2D eigenvalue weighted by Crippen LogP contribution is -2.39. The van der Waals surface area contributed by atoms with Gasteiger partial charge in [0, 0.05) is 42.7 Å². The first-order valence-electron chi connectivity index (χ1n) is 11.1. The summed E-state index contributed by atoms with van der Waals surface area (Å²) in [6.45, 7) is 1.23. The first kappa shape index (κ1) is 21.6. The van der Waals surface area contributed by atoms with E-state index >= 15 is 0 Å². The fraction of sp³-hybridized carbons (Fsp3) is 0.240. The third-order valence-electron chi connectivity index (χ3n) is 5.87. The lowest BCUT2D eigenvalue weighted by molar-refractivity contribution is 0.0704. The molecule has 3 heterocycles. The van der Waals surface area contributed by atoms with E-state index in [1.165, 1.54) is 0 Å². The van der Waals surface area contributed by atoms with Crippen LogP contribution in [0.3, 0.4) is 0 Å². The normalized spacial score (nSPS) is 15.7. The second-order valence-corrected chi connectivity index (χ2v) is 8.01. The zero-order chi connectivity index (χ0) is 23.3. The molecule has 0 radical (unpaired) electrons. The van der Waals surface area contributed by atoms with Gasteiger partial charge in [-0.15, -0.1) is 10.2 Å². The molecule has 1 aliphatic heterocycles. The largest absolute Gasteiger partial charge is 0.493 e. The van der Waals surface area contributed by atoms with Crippen LogP contribution in [0.2, 0.25) is 0 Å². The van der Waals surface area contributed by atoms with Gasteiger partial charge in [0.25, 0.3) is 5.91 Å². The maximum Gasteiger partial charge on any atom is 0.253 e. The summed E-state index contributed by atoms with van der Waals surface area (Å²) in [6, 6.07) is 14.9. The molecule has 0 bridgehead atoms. The predicted molar refractivity (Wildman–Crippen MR) is 124 cm³/mol. The van der Waals surface area contributed by atoms with Gasteiger partial charge in [-0.25, -0.2) is 4.98 Å². The number of carbonyl (C=O) groups is 1. The van der Waals surface area contributed by atoms with Crippen molar-refractivity contribution >= 4 is 5.91 Å². The minimum atomic E-state index is -0.0179. The van der Waals surface area contributed by atoms with Gasteiger partial charge in [0.1, 0.15) is 18.3 Å². The third kappa shape index (κ3) is 4.45. The highest BCUT2D eigenvalue weighted by molar-refractivity contribution is 5.94. The van der Waals surface area contributed by atoms with Gasteiger partial charge in [-0.05, 0) is 43.2 Å². The molecule has 2 aromatic heterocycles. The number of likely N-dealkylation sites (tertiary alicyclic amines) is 1. The van der Waals surface area contributed by atoms with Gasteiger partial charge in [0.05, 0.1) is 7.11 Å². The van der Waals surface area contributed by atoms with Crippen LogP contribution in [0.15, 0.2) is 73.6 Å². The Morgan fingerprint density at radius 1 is 1.00 bits per heavy atom. The molecule has 1 aliphatic rings. The zero-order valence-electron chi connectivity index (χ0n) is 18.7. The summed E-state index contributed by atoms with van der Waals surface area (Å²) in [5.74, 6) is 1.61. The van der Waals surface area contributed by atoms with E-state index in [9.17, 15) is 4.79 Å². The highest BCUT2D eigenvalue weighted by atomic mass is 16.5. The minimum absolute atomic E-state index is 0.0112. The van der Waals surface area contributed by atoms with E-state index in [0.717, 1.165) is 24.2 Å². The SMILES string of the molecule is COc1ccccc1Oc1nccnc1[C@H]1CCCN(C(=O)c2cccc(-n3cnnc3)c2)C1. The molecule has 1 saturated heterocycles. The van der Waals surface area contributed by atoms with E-state index in [1.54, 1.807) is 36.7 Å². The number of amides is 1. The Labute approximate surface area is 197 Å². The number of rotatable bonds is 6. The van der Waals surface area contributed by atoms with Crippen molar-refractivity contribution in [1.82, 2.24) is 29.6 Å².